The first-order valence-electron chi connectivity index (χ1n) is 5.15. The number of pyridine rings is 1. The molecule has 0 aliphatic rings. The van der Waals surface area contributed by atoms with Crippen LogP contribution in [0.1, 0.15) is 0 Å². The van der Waals surface area contributed by atoms with Crippen molar-refractivity contribution in [2.24, 2.45) is 0 Å². The molecule has 96 valence electrons. The third-order valence-electron chi connectivity index (χ3n) is 2.35. The zero-order valence-electron chi connectivity index (χ0n) is 9.68. The summed E-state index contributed by atoms with van der Waals surface area (Å²) < 4.78 is 32.4. The minimum Gasteiger partial charge on any atom is -0.273 e. The average molecular weight is 286 g/mol. The van der Waals surface area contributed by atoms with Crippen LogP contribution in [0.4, 0.5) is 0 Å². The monoisotopic (exact) mass is 286 g/mol. The maximum atomic E-state index is 11.2. The Kier molecular flexibility index (Phi) is 4.00. The van der Waals surface area contributed by atoms with Crippen molar-refractivity contribution in [1.82, 2.24) is 9.36 Å². The van der Waals surface area contributed by atoms with Crippen LogP contribution in [-0.4, -0.2) is 30.6 Å². The molecule has 0 spiro atoms. The summed E-state index contributed by atoms with van der Waals surface area (Å²) in [5.74, 6) is -0.0493. The van der Waals surface area contributed by atoms with Crippen molar-refractivity contribution in [3.63, 3.8) is 0 Å². The van der Waals surface area contributed by atoms with Gasteiger partial charge in [-0.25, -0.2) is 9.55 Å². The van der Waals surface area contributed by atoms with Crippen LogP contribution >= 0.6 is 11.5 Å². The first kappa shape index (κ1) is 13.1. The molecule has 2 rings (SSSR count). The van der Waals surface area contributed by atoms with Gasteiger partial charge in [0.15, 0.2) is 18.9 Å². The summed E-state index contributed by atoms with van der Waals surface area (Å²) in [5.41, 5.74) is 0.961. The van der Waals surface area contributed by atoms with Crippen LogP contribution < -0.4 is 4.57 Å². The molecular weight excluding hydrogens is 274 g/mol. The van der Waals surface area contributed by atoms with E-state index in [4.69, 9.17) is 0 Å². The smallest absolute Gasteiger partial charge is 0.273 e. The summed E-state index contributed by atoms with van der Waals surface area (Å²) in [7, 11) is -2.25. The van der Waals surface area contributed by atoms with Crippen LogP contribution in [-0.2, 0) is 20.8 Å². The maximum Gasteiger partial charge on any atom is 0.273 e. The highest BCUT2D eigenvalue weighted by Crippen LogP contribution is 2.17. The fourth-order valence-electron chi connectivity index (χ4n) is 1.35. The molecule has 0 radical (unpaired) electrons. The SMILES string of the molecule is COS(=O)(=O)CC[n+]1ccc(-c2ncns2)cc1. The summed E-state index contributed by atoms with van der Waals surface area (Å²) in [6.07, 6.45) is 5.12. The predicted molar refractivity (Wildman–Crippen MR) is 66.3 cm³/mol. The second kappa shape index (κ2) is 5.51. The summed E-state index contributed by atoms with van der Waals surface area (Å²) >= 11 is 1.32. The van der Waals surface area contributed by atoms with Crippen LogP contribution in [0.25, 0.3) is 10.6 Å². The summed E-state index contributed by atoms with van der Waals surface area (Å²) in [5, 5.41) is 0.840. The molecule has 2 heterocycles. The lowest BCUT2D eigenvalue weighted by Crippen LogP contribution is -2.36. The van der Waals surface area contributed by atoms with Gasteiger partial charge in [0.2, 0.25) is 0 Å². The van der Waals surface area contributed by atoms with Gasteiger partial charge in [-0.3, -0.25) is 4.18 Å². The van der Waals surface area contributed by atoms with E-state index in [-0.39, 0.29) is 5.75 Å². The van der Waals surface area contributed by atoms with Gasteiger partial charge in [-0.15, -0.1) is 0 Å². The van der Waals surface area contributed by atoms with Crippen molar-refractivity contribution in [3.8, 4) is 10.6 Å². The average Bonchev–Trinajstić information content (AvgIpc) is 2.91. The van der Waals surface area contributed by atoms with E-state index < -0.39 is 10.1 Å². The van der Waals surface area contributed by atoms with Crippen LogP contribution in [0.2, 0.25) is 0 Å². The zero-order valence-corrected chi connectivity index (χ0v) is 11.3. The van der Waals surface area contributed by atoms with E-state index in [0.717, 1.165) is 10.6 Å². The molecule has 0 fully saturated rings. The number of hydrogen-bond acceptors (Lipinski definition) is 6. The fraction of sp³-hybridized carbons (Fsp3) is 0.300. The molecular formula is C10H12N3O3S2+. The lowest BCUT2D eigenvalue weighted by Gasteiger charge is -1.99. The van der Waals surface area contributed by atoms with E-state index >= 15 is 0 Å². The second-order valence-corrected chi connectivity index (χ2v) is 6.14. The number of hydrogen-bond donors (Lipinski definition) is 0. The molecule has 0 saturated carbocycles. The molecule has 0 bridgehead atoms. The number of nitrogens with zero attached hydrogens (tertiary/aromatic N) is 3. The molecule has 6 nitrogen and oxygen atoms in total. The second-order valence-electron chi connectivity index (χ2n) is 3.50. The standard InChI is InChI=1S/C10H12N3O3S2/c1-16-18(14,15)7-6-13-4-2-9(3-5-13)10-11-8-12-17-10/h2-5,8H,6-7H2,1H3/q+1. The molecule has 0 unspecified atom stereocenters. The Balaban J connectivity index is 2.05. The first-order valence-corrected chi connectivity index (χ1v) is 7.50. The Morgan fingerprint density at radius 3 is 2.67 bits per heavy atom. The van der Waals surface area contributed by atoms with Crippen molar-refractivity contribution in [1.29, 1.82) is 0 Å². The fourth-order valence-corrected chi connectivity index (χ4v) is 2.48. The molecule has 0 aromatic carbocycles. The van der Waals surface area contributed by atoms with Gasteiger partial charge in [0, 0.05) is 17.7 Å². The summed E-state index contributed by atoms with van der Waals surface area (Å²) in [4.78, 5) is 4.10. The van der Waals surface area contributed by atoms with E-state index in [9.17, 15) is 8.42 Å². The first-order chi connectivity index (χ1) is 8.61. The van der Waals surface area contributed by atoms with E-state index in [1.54, 1.807) is 4.57 Å². The molecule has 0 aliphatic carbocycles. The lowest BCUT2D eigenvalue weighted by atomic mass is 10.3. The van der Waals surface area contributed by atoms with E-state index in [0.29, 0.717) is 6.54 Å². The van der Waals surface area contributed by atoms with E-state index in [1.165, 1.54) is 25.0 Å². The van der Waals surface area contributed by atoms with Crippen LogP contribution in [0.3, 0.4) is 0 Å². The minimum absolute atomic E-state index is 0.0493. The van der Waals surface area contributed by atoms with Crippen molar-refractivity contribution < 1.29 is 17.2 Å². The normalized spacial score (nSPS) is 11.6. The molecule has 2 aromatic heterocycles. The van der Waals surface area contributed by atoms with E-state index in [1.807, 2.05) is 24.5 Å². The van der Waals surface area contributed by atoms with Gasteiger partial charge in [-0.1, -0.05) is 0 Å². The topological polar surface area (TPSA) is 73.0 Å². The third-order valence-corrected chi connectivity index (χ3v) is 4.26. The molecule has 2 aromatic rings. The van der Waals surface area contributed by atoms with Crippen LogP contribution in [0.15, 0.2) is 30.9 Å². The van der Waals surface area contributed by atoms with Gasteiger partial charge in [-0.2, -0.15) is 12.8 Å². The van der Waals surface area contributed by atoms with Gasteiger partial charge in [0.05, 0.1) is 7.11 Å². The molecule has 0 aliphatic heterocycles. The molecule has 18 heavy (non-hydrogen) atoms. The molecule has 0 saturated heterocycles. The third kappa shape index (κ3) is 3.31. The Labute approximate surface area is 109 Å². The van der Waals surface area contributed by atoms with Crippen LogP contribution in [0, 0.1) is 0 Å². The Hall–Kier alpha value is -1.38. The Morgan fingerprint density at radius 2 is 2.11 bits per heavy atom. The molecule has 0 atom stereocenters. The van der Waals surface area contributed by atoms with Gasteiger partial charge in [0.1, 0.15) is 17.1 Å². The molecule has 0 N–H and O–H groups in total. The van der Waals surface area contributed by atoms with Gasteiger partial charge >= 0.3 is 0 Å². The highest BCUT2D eigenvalue weighted by Gasteiger charge is 2.12. The van der Waals surface area contributed by atoms with Gasteiger partial charge < -0.3 is 0 Å². The Bertz CT molecular complexity index is 594. The lowest BCUT2D eigenvalue weighted by molar-refractivity contribution is -0.692. The largest absolute Gasteiger partial charge is 0.273 e. The zero-order chi connectivity index (χ0) is 13.0. The van der Waals surface area contributed by atoms with E-state index in [2.05, 4.69) is 13.5 Å². The van der Waals surface area contributed by atoms with Crippen molar-refractivity contribution >= 4 is 21.7 Å². The molecule has 8 heteroatoms. The summed E-state index contributed by atoms with van der Waals surface area (Å²) in [6, 6.07) is 3.75. The predicted octanol–water partition coefficient (Wildman–Crippen LogP) is 0.469. The summed E-state index contributed by atoms with van der Waals surface area (Å²) in [6.45, 7) is 0.354. The van der Waals surface area contributed by atoms with Crippen molar-refractivity contribution in [3.05, 3.63) is 30.9 Å². The highest BCUT2D eigenvalue weighted by atomic mass is 32.2. The highest BCUT2D eigenvalue weighted by molar-refractivity contribution is 7.86. The molecule has 0 amide bonds. The number of aryl methyl sites for hydroxylation is 1. The maximum absolute atomic E-state index is 11.2. The van der Waals surface area contributed by atoms with Gasteiger partial charge in [0.25, 0.3) is 10.1 Å². The van der Waals surface area contributed by atoms with Crippen molar-refractivity contribution in [2.75, 3.05) is 12.9 Å². The number of rotatable bonds is 5. The quantitative estimate of drug-likeness (QED) is 0.590. The number of aromatic nitrogens is 3. The van der Waals surface area contributed by atoms with Crippen molar-refractivity contribution in [2.45, 2.75) is 6.54 Å². The Morgan fingerprint density at radius 1 is 1.39 bits per heavy atom. The van der Waals surface area contributed by atoms with Crippen LogP contribution in [0.5, 0.6) is 0 Å². The minimum atomic E-state index is -3.41. The van der Waals surface area contributed by atoms with Gasteiger partial charge in [-0.05, 0) is 11.5 Å².